The summed E-state index contributed by atoms with van der Waals surface area (Å²) in [6.45, 7) is 12.0. The fourth-order valence-corrected chi connectivity index (χ4v) is 2.19. The molecule has 0 saturated heterocycles. The summed E-state index contributed by atoms with van der Waals surface area (Å²) in [4.78, 5) is 12.2. The summed E-state index contributed by atoms with van der Waals surface area (Å²) in [5.41, 5.74) is 2.41. The van der Waals surface area contributed by atoms with Crippen molar-refractivity contribution < 1.29 is 4.79 Å². The standard InChI is InChI=1S/C17H30O/c1-6-8-9-10-11-13-16(15(5)12-7-2)17(18)14(3)4/h6,14H,1,7-13H2,2-5H3/b16-15-. The lowest BCUT2D eigenvalue weighted by molar-refractivity contribution is -0.118. The molecule has 0 atom stereocenters. The molecule has 0 aliphatic heterocycles. The monoisotopic (exact) mass is 250 g/mol. The van der Waals surface area contributed by atoms with E-state index in [1.165, 1.54) is 18.4 Å². The van der Waals surface area contributed by atoms with Crippen molar-refractivity contribution in [3.8, 4) is 0 Å². The number of carbonyl (C=O) groups is 1. The number of carbonyl (C=O) groups excluding carboxylic acids is 1. The van der Waals surface area contributed by atoms with Crippen molar-refractivity contribution in [3.63, 3.8) is 0 Å². The molecule has 0 amide bonds. The topological polar surface area (TPSA) is 17.1 Å². The molecule has 0 aromatic heterocycles. The van der Waals surface area contributed by atoms with Gasteiger partial charge in [-0.2, -0.15) is 0 Å². The van der Waals surface area contributed by atoms with Crippen molar-refractivity contribution in [2.75, 3.05) is 0 Å². The Morgan fingerprint density at radius 3 is 2.33 bits per heavy atom. The van der Waals surface area contributed by atoms with Crippen molar-refractivity contribution in [1.82, 2.24) is 0 Å². The van der Waals surface area contributed by atoms with Crippen molar-refractivity contribution in [2.45, 2.75) is 72.6 Å². The Labute approximate surface area is 113 Å². The van der Waals surface area contributed by atoms with Gasteiger partial charge in [0.2, 0.25) is 0 Å². The van der Waals surface area contributed by atoms with Gasteiger partial charge in [-0.15, -0.1) is 6.58 Å². The summed E-state index contributed by atoms with van der Waals surface area (Å²) in [6.07, 6.45) is 9.71. The zero-order valence-corrected chi connectivity index (χ0v) is 12.7. The Kier molecular flexibility index (Phi) is 9.63. The third-order valence-corrected chi connectivity index (χ3v) is 3.30. The van der Waals surface area contributed by atoms with Crippen LogP contribution in [0.3, 0.4) is 0 Å². The van der Waals surface area contributed by atoms with E-state index >= 15 is 0 Å². The Hall–Kier alpha value is -0.850. The van der Waals surface area contributed by atoms with Crippen molar-refractivity contribution in [3.05, 3.63) is 23.8 Å². The average Bonchev–Trinajstić information content (AvgIpc) is 2.33. The molecule has 1 heteroatoms. The van der Waals surface area contributed by atoms with E-state index in [1.54, 1.807) is 0 Å². The smallest absolute Gasteiger partial charge is 0.161 e. The van der Waals surface area contributed by atoms with E-state index in [0.29, 0.717) is 5.78 Å². The Morgan fingerprint density at radius 2 is 1.83 bits per heavy atom. The van der Waals surface area contributed by atoms with Crippen LogP contribution in [0, 0.1) is 5.92 Å². The van der Waals surface area contributed by atoms with Crippen molar-refractivity contribution in [2.24, 2.45) is 5.92 Å². The summed E-state index contributed by atoms with van der Waals surface area (Å²) >= 11 is 0. The van der Waals surface area contributed by atoms with Crippen LogP contribution in [-0.4, -0.2) is 5.78 Å². The first-order chi connectivity index (χ1) is 8.54. The Bertz CT molecular complexity index is 284. The van der Waals surface area contributed by atoms with Gasteiger partial charge < -0.3 is 0 Å². The van der Waals surface area contributed by atoms with E-state index in [9.17, 15) is 4.79 Å². The lowest BCUT2D eigenvalue weighted by atomic mass is 9.91. The van der Waals surface area contributed by atoms with E-state index in [2.05, 4.69) is 20.4 Å². The summed E-state index contributed by atoms with van der Waals surface area (Å²) < 4.78 is 0. The van der Waals surface area contributed by atoms with E-state index in [4.69, 9.17) is 0 Å². The van der Waals surface area contributed by atoms with Crippen LogP contribution in [0.2, 0.25) is 0 Å². The zero-order valence-electron chi connectivity index (χ0n) is 12.7. The average molecular weight is 250 g/mol. The number of ketones is 1. The molecular formula is C17H30O. The van der Waals surface area contributed by atoms with Gasteiger partial charge in [0.05, 0.1) is 0 Å². The van der Waals surface area contributed by atoms with Crippen molar-refractivity contribution in [1.29, 1.82) is 0 Å². The number of Topliss-reactive ketones (excluding diaryl/α,β-unsaturated/α-hetero) is 1. The predicted octanol–water partition coefficient (Wildman–Crippen LogP) is 5.46. The van der Waals surface area contributed by atoms with Crippen LogP contribution in [0.15, 0.2) is 23.8 Å². The Balaban J connectivity index is 4.45. The highest BCUT2D eigenvalue weighted by Crippen LogP contribution is 2.21. The summed E-state index contributed by atoms with van der Waals surface area (Å²) in [5, 5.41) is 0. The van der Waals surface area contributed by atoms with E-state index < -0.39 is 0 Å². The van der Waals surface area contributed by atoms with Gasteiger partial charge in [0.25, 0.3) is 0 Å². The molecule has 18 heavy (non-hydrogen) atoms. The number of hydrogen-bond acceptors (Lipinski definition) is 1. The zero-order chi connectivity index (χ0) is 14.0. The molecule has 0 aliphatic rings. The minimum atomic E-state index is 0.125. The maximum atomic E-state index is 12.2. The molecule has 0 spiro atoms. The largest absolute Gasteiger partial charge is 0.294 e. The third kappa shape index (κ3) is 6.78. The van der Waals surface area contributed by atoms with Crippen LogP contribution in [0.5, 0.6) is 0 Å². The number of rotatable bonds is 10. The quantitative estimate of drug-likeness (QED) is 0.286. The molecule has 0 bridgehead atoms. The van der Waals surface area contributed by atoms with Crippen LogP contribution in [0.4, 0.5) is 0 Å². The fourth-order valence-electron chi connectivity index (χ4n) is 2.19. The van der Waals surface area contributed by atoms with Gasteiger partial charge >= 0.3 is 0 Å². The minimum Gasteiger partial charge on any atom is -0.294 e. The number of allylic oxidation sites excluding steroid dienone is 3. The van der Waals surface area contributed by atoms with Gasteiger partial charge in [0.1, 0.15) is 0 Å². The van der Waals surface area contributed by atoms with Gasteiger partial charge in [-0.3, -0.25) is 4.79 Å². The van der Waals surface area contributed by atoms with Gasteiger partial charge in [-0.25, -0.2) is 0 Å². The number of unbranched alkanes of at least 4 members (excludes halogenated alkanes) is 3. The predicted molar refractivity (Wildman–Crippen MR) is 80.7 cm³/mol. The molecule has 0 heterocycles. The molecule has 0 N–H and O–H groups in total. The maximum Gasteiger partial charge on any atom is 0.161 e. The van der Waals surface area contributed by atoms with E-state index in [0.717, 1.165) is 37.7 Å². The summed E-state index contributed by atoms with van der Waals surface area (Å²) in [7, 11) is 0. The van der Waals surface area contributed by atoms with Crippen LogP contribution in [0.1, 0.15) is 72.6 Å². The molecule has 1 nitrogen and oxygen atoms in total. The number of hydrogen-bond donors (Lipinski definition) is 0. The third-order valence-electron chi connectivity index (χ3n) is 3.30. The normalized spacial score (nSPS) is 12.5. The fraction of sp³-hybridized carbons (Fsp3) is 0.706. The highest BCUT2D eigenvalue weighted by molar-refractivity contribution is 5.97. The molecule has 0 rings (SSSR count). The molecular weight excluding hydrogens is 220 g/mol. The second-order valence-electron chi connectivity index (χ2n) is 5.42. The van der Waals surface area contributed by atoms with E-state index in [1.807, 2.05) is 19.9 Å². The molecule has 104 valence electrons. The van der Waals surface area contributed by atoms with Crippen LogP contribution < -0.4 is 0 Å². The van der Waals surface area contributed by atoms with Gasteiger partial charge in [-0.05, 0) is 44.6 Å². The molecule has 0 unspecified atom stereocenters. The van der Waals surface area contributed by atoms with Gasteiger partial charge in [0, 0.05) is 5.92 Å². The highest BCUT2D eigenvalue weighted by atomic mass is 16.1. The molecule has 0 saturated carbocycles. The first kappa shape index (κ1) is 17.2. The van der Waals surface area contributed by atoms with E-state index in [-0.39, 0.29) is 5.92 Å². The van der Waals surface area contributed by atoms with Crippen LogP contribution in [0.25, 0.3) is 0 Å². The van der Waals surface area contributed by atoms with Crippen LogP contribution in [-0.2, 0) is 4.79 Å². The highest BCUT2D eigenvalue weighted by Gasteiger charge is 2.15. The Morgan fingerprint density at radius 1 is 1.17 bits per heavy atom. The van der Waals surface area contributed by atoms with Crippen molar-refractivity contribution >= 4 is 5.78 Å². The van der Waals surface area contributed by atoms with Crippen LogP contribution >= 0.6 is 0 Å². The molecule has 0 aromatic carbocycles. The maximum absolute atomic E-state index is 12.2. The van der Waals surface area contributed by atoms with Gasteiger partial charge in [0.15, 0.2) is 5.78 Å². The SMILES string of the molecule is C=CCCCCC/C(C(=O)C(C)C)=C(\C)CCC. The lowest BCUT2D eigenvalue weighted by Crippen LogP contribution is -2.12. The first-order valence-electron chi connectivity index (χ1n) is 7.38. The molecule has 0 aliphatic carbocycles. The molecule has 0 fully saturated rings. The second-order valence-corrected chi connectivity index (χ2v) is 5.42. The van der Waals surface area contributed by atoms with Gasteiger partial charge in [-0.1, -0.05) is 45.3 Å². The minimum absolute atomic E-state index is 0.125. The summed E-state index contributed by atoms with van der Waals surface area (Å²) in [6, 6.07) is 0. The second kappa shape index (κ2) is 10.1. The molecule has 0 aromatic rings. The lowest BCUT2D eigenvalue weighted by Gasteiger charge is -2.13. The summed E-state index contributed by atoms with van der Waals surface area (Å²) in [5.74, 6) is 0.477. The molecule has 0 radical (unpaired) electrons. The first-order valence-corrected chi connectivity index (χ1v) is 7.38.